The predicted molar refractivity (Wildman–Crippen MR) is 133 cm³/mol. The van der Waals surface area contributed by atoms with E-state index in [-0.39, 0.29) is 0 Å². The highest BCUT2D eigenvalue weighted by atomic mass is 16.5. The number of anilines is 1. The van der Waals surface area contributed by atoms with Gasteiger partial charge in [0.05, 0.1) is 6.61 Å². The highest BCUT2D eigenvalue weighted by Gasteiger charge is 2.17. The van der Waals surface area contributed by atoms with Gasteiger partial charge >= 0.3 is 0 Å². The summed E-state index contributed by atoms with van der Waals surface area (Å²) in [7, 11) is 0. The van der Waals surface area contributed by atoms with Crippen molar-refractivity contribution in [2.75, 3.05) is 24.6 Å². The van der Waals surface area contributed by atoms with E-state index in [4.69, 9.17) is 4.74 Å². The molecule has 1 aliphatic heterocycles. The molecule has 2 rings (SSSR count). The highest BCUT2D eigenvalue weighted by Crippen LogP contribution is 2.33. The standard InChI is InChI=1S/C28H49NO/c1-3-5-6-7-8-9-10-11-12-13-14-15-16-17-24-29(23-4-2)27-21-18-22-28-26(27)20-19-25-30-28/h18,21-22H,3-17,19-20,23-25H2,1-2H3. The van der Waals surface area contributed by atoms with Crippen molar-refractivity contribution in [2.45, 2.75) is 123 Å². The van der Waals surface area contributed by atoms with E-state index >= 15 is 0 Å². The Morgan fingerprint density at radius 1 is 0.700 bits per heavy atom. The van der Waals surface area contributed by atoms with Crippen LogP contribution in [0.25, 0.3) is 0 Å². The third-order valence-corrected chi connectivity index (χ3v) is 6.55. The Labute approximate surface area is 187 Å². The van der Waals surface area contributed by atoms with Crippen molar-refractivity contribution < 1.29 is 4.74 Å². The largest absolute Gasteiger partial charge is 0.493 e. The molecule has 0 aromatic heterocycles. The van der Waals surface area contributed by atoms with Crippen molar-refractivity contribution >= 4 is 5.69 Å². The van der Waals surface area contributed by atoms with Crippen LogP contribution in [0.15, 0.2) is 18.2 Å². The molecule has 1 aromatic rings. The second-order valence-corrected chi connectivity index (χ2v) is 9.29. The van der Waals surface area contributed by atoms with E-state index in [2.05, 4.69) is 36.9 Å². The van der Waals surface area contributed by atoms with E-state index in [1.165, 1.54) is 121 Å². The van der Waals surface area contributed by atoms with E-state index in [1.807, 2.05) is 0 Å². The number of hydrogen-bond acceptors (Lipinski definition) is 2. The topological polar surface area (TPSA) is 12.5 Å². The molecule has 2 nitrogen and oxygen atoms in total. The van der Waals surface area contributed by atoms with Gasteiger partial charge in [-0.2, -0.15) is 0 Å². The summed E-state index contributed by atoms with van der Waals surface area (Å²) in [6, 6.07) is 6.63. The predicted octanol–water partition coefficient (Wildman–Crippen LogP) is 8.71. The van der Waals surface area contributed by atoms with Gasteiger partial charge in [0.1, 0.15) is 5.75 Å². The number of unbranched alkanes of at least 4 members (excludes halogenated alkanes) is 13. The second kappa shape index (κ2) is 16.5. The molecule has 0 radical (unpaired) electrons. The van der Waals surface area contributed by atoms with Crippen molar-refractivity contribution in [3.8, 4) is 5.75 Å². The molecule has 0 N–H and O–H groups in total. The molecule has 0 atom stereocenters. The lowest BCUT2D eigenvalue weighted by molar-refractivity contribution is 0.288. The number of fused-ring (bicyclic) bond motifs is 1. The van der Waals surface area contributed by atoms with Crippen LogP contribution in [0.2, 0.25) is 0 Å². The Morgan fingerprint density at radius 3 is 1.90 bits per heavy atom. The van der Waals surface area contributed by atoms with Crippen molar-refractivity contribution in [1.29, 1.82) is 0 Å². The number of benzene rings is 1. The molecule has 1 aliphatic rings. The summed E-state index contributed by atoms with van der Waals surface area (Å²) >= 11 is 0. The second-order valence-electron chi connectivity index (χ2n) is 9.29. The molecule has 0 saturated carbocycles. The number of rotatable bonds is 18. The lowest BCUT2D eigenvalue weighted by atomic mass is 10.0. The number of hydrogen-bond donors (Lipinski definition) is 0. The Morgan fingerprint density at radius 2 is 1.30 bits per heavy atom. The molecule has 0 amide bonds. The molecule has 30 heavy (non-hydrogen) atoms. The molecule has 0 fully saturated rings. The van der Waals surface area contributed by atoms with Crippen LogP contribution in [0, 0.1) is 0 Å². The maximum atomic E-state index is 5.89. The van der Waals surface area contributed by atoms with Gasteiger partial charge < -0.3 is 9.64 Å². The van der Waals surface area contributed by atoms with Gasteiger partial charge in [0.25, 0.3) is 0 Å². The zero-order chi connectivity index (χ0) is 21.3. The summed E-state index contributed by atoms with van der Waals surface area (Å²) in [5.74, 6) is 1.13. The molecule has 1 heterocycles. The third-order valence-electron chi connectivity index (χ3n) is 6.55. The maximum absolute atomic E-state index is 5.89. The zero-order valence-electron chi connectivity index (χ0n) is 20.2. The first kappa shape index (κ1) is 25.1. The monoisotopic (exact) mass is 415 g/mol. The summed E-state index contributed by atoms with van der Waals surface area (Å²) in [5.41, 5.74) is 2.88. The molecular weight excluding hydrogens is 366 g/mol. The molecule has 0 saturated heterocycles. The molecule has 1 aromatic carbocycles. The van der Waals surface area contributed by atoms with Gasteiger partial charge in [0.2, 0.25) is 0 Å². The fourth-order valence-electron chi connectivity index (χ4n) is 4.79. The summed E-state index contributed by atoms with van der Waals surface area (Å²) in [5, 5.41) is 0. The van der Waals surface area contributed by atoms with Crippen molar-refractivity contribution in [3.05, 3.63) is 23.8 Å². The Bertz CT molecular complexity index is 541. The van der Waals surface area contributed by atoms with Crippen LogP contribution >= 0.6 is 0 Å². The van der Waals surface area contributed by atoms with Crippen LogP contribution in [0.4, 0.5) is 5.69 Å². The smallest absolute Gasteiger partial charge is 0.124 e. The molecule has 0 aliphatic carbocycles. The number of nitrogens with zero attached hydrogens (tertiary/aromatic N) is 1. The summed E-state index contributed by atoms with van der Waals surface area (Å²) in [6.45, 7) is 7.83. The lowest BCUT2D eigenvalue weighted by Crippen LogP contribution is -2.27. The molecule has 172 valence electrons. The summed E-state index contributed by atoms with van der Waals surface area (Å²) < 4.78 is 5.89. The van der Waals surface area contributed by atoms with Crippen molar-refractivity contribution in [3.63, 3.8) is 0 Å². The summed E-state index contributed by atoms with van der Waals surface area (Å²) in [6.07, 6.45) is 23.5. The van der Waals surface area contributed by atoms with Crippen LogP contribution in [0.1, 0.15) is 122 Å². The summed E-state index contributed by atoms with van der Waals surface area (Å²) in [4.78, 5) is 2.62. The van der Waals surface area contributed by atoms with Crippen molar-refractivity contribution in [1.82, 2.24) is 0 Å². The van der Waals surface area contributed by atoms with Crippen molar-refractivity contribution in [2.24, 2.45) is 0 Å². The van der Waals surface area contributed by atoms with Crippen LogP contribution in [-0.2, 0) is 6.42 Å². The van der Waals surface area contributed by atoms with Gasteiger partial charge in [-0.3, -0.25) is 0 Å². The highest BCUT2D eigenvalue weighted by molar-refractivity contribution is 5.60. The minimum absolute atomic E-state index is 0.878. The minimum Gasteiger partial charge on any atom is -0.493 e. The first-order valence-corrected chi connectivity index (χ1v) is 13.4. The lowest BCUT2D eigenvalue weighted by Gasteiger charge is -2.29. The van der Waals surface area contributed by atoms with E-state index in [9.17, 15) is 0 Å². The van der Waals surface area contributed by atoms with Gasteiger partial charge in [-0.15, -0.1) is 0 Å². The fraction of sp³-hybridized carbons (Fsp3) is 0.786. The van der Waals surface area contributed by atoms with Gasteiger partial charge in [-0.25, -0.2) is 0 Å². The van der Waals surface area contributed by atoms with Gasteiger partial charge in [0.15, 0.2) is 0 Å². The van der Waals surface area contributed by atoms with Crippen LogP contribution < -0.4 is 9.64 Å². The maximum Gasteiger partial charge on any atom is 0.124 e. The Balaban J connectivity index is 1.53. The van der Waals surface area contributed by atoms with Gasteiger partial charge in [0, 0.05) is 24.3 Å². The first-order chi connectivity index (χ1) is 14.9. The van der Waals surface area contributed by atoms with Crippen LogP contribution in [0.3, 0.4) is 0 Å². The molecular formula is C28H49NO. The van der Waals surface area contributed by atoms with Crippen LogP contribution in [-0.4, -0.2) is 19.7 Å². The molecule has 0 unspecified atom stereocenters. The Kier molecular flexibility index (Phi) is 13.8. The molecule has 0 bridgehead atoms. The van der Waals surface area contributed by atoms with E-state index < -0.39 is 0 Å². The van der Waals surface area contributed by atoms with E-state index in [0.29, 0.717) is 0 Å². The molecule has 0 spiro atoms. The van der Waals surface area contributed by atoms with E-state index in [0.717, 1.165) is 25.3 Å². The first-order valence-electron chi connectivity index (χ1n) is 13.4. The third kappa shape index (κ3) is 9.75. The van der Waals surface area contributed by atoms with E-state index in [1.54, 1.807) is 0 Å². The quantitative estimate of drug-likeness (QED) is 0.222. The Hall–Kier alpha value is -1.18. The molecule has 2 heteroatoms. The van der Waals surface area contributed by atoms with Crippen LogP contribution in [0.5, 0.6) is 5.75 Å². The normalized spacial score (nSPS) is 13.1. The van der Waals surface area contributed by atoms with Gasteiger partial charge in [-0.05, 0) is 37.8 Å². The average Bonchev–Trinajstić information content (AvgIpc) is 2.78. The number of ether oxygens (including phenoxy) is 1. The minimum atomic E-state index is 0.878. The SMILES string of the molecule is CCCCCCCCCCCCCCCCN(CCC)c1cccc2c1CCCO2. The van der Waals surface area contributed by atoms with Gasteiger partial charge in [-0.1, -0.05) is 103 Å². The zero-order valence-corrected chi connectivity index (χ0v) is 20.2. The average molecular weight is 416 g/mol. The fourth-order valence-corrected chi connectivity index (χ4v) is 4.79.